The van der Waals surface area contributed by atoms with Crippen LogP contribution in [0, 0.1) is 46.8 Å². The van der Waals surface area contributed by atoms with Gasteiger partial charge in [0.25, 0.3) is 0 Å². The summed E-state index contributed by atoms with van der Waals surface area (Å²) < 4.78 is 6.08. The molecule has 0 heterocycles. The van der Waals surface area contributed by atoms with Gasteiger partial charge in [-0.25, -0.2) is 0 Å². The van der Waals surface area contributed by atoms with Crippen LogP contribution >= 0.6 is 0 Å². The van der Waals surface area contributed by atoms with Crippen molar-refractivity contribution in [1.29, 1.82) is 0 Å². The van der Waals surface area contributed by atoms with Gasteiger partial charge < -0.3 is 10.1 Å². The molecule has 29 heavy (non-hydrogen) atoms. The molecule has 1 atom stereocenters. The summed E-state index contributed by atoms with van der Waals surface area (Å²) >= 11 is 0. The van der Waals surface area contributed by atoms with Crippen molar-refractivity contribution in [3.8, 4) is 0 Å². The Morgan fingerprint density at radius 1 is 0.793 bits per heavy atom. The topological polar surface area (TPSA) is 38.3 Å². The SMILES string of the molecule is CC(C)(C)OC(=O)C(NC1C2CC3CC(C2)CC1C3)C12CC3CC(CC(C3)C1)C2. The summed E-state index contributed by atoms with van der Waals surface area (Å²) in [5.41, 5.74) is -0.227. The van der Waals surface area contributed by atoms with Gasteiger partial charge in [-0.1, -0.05) is 0 Å². The smallest absolute Gasteiger partial charge is 0.324 e. The Morgan fingerprint density at radius 2 is 1.24 bits per heavy atom. The van der Waals surface area contributed by atoms with Gasteiger partial charge in [0.05, 0.1) is 0 Å². The molecule has 0 radical (unpaired) electrons. The molecule has 0 aliphatic heterocycles. The van der Waals surface area contributed by atoms with Crippen LogP contribution in [0.3, 0.4) is 0 Å². The van der Waals surface area contributed by atoms with E-state index >= 15 is 0 Å². The molecule has 8 rings (SSSR count). The van der Waals surface area contributed by atoms with Crippen LogP contribution in [0.1, 0.15) is 91.4 Å². The van der Waals surface area contributed by atoms with Gasteiger partial charge >= 0.3 is 5.97 Å². The van der Waals surface area contributed by atoms with Crippen molar-refractivity contribution in [2.24, 2.45) is 46.8 Å². The molecule has 1 N–H and O–H groups in total. The van der Waals surface area contributed by atoms with E-state index in [9.17, 15) is 4.79 Å². The Balaban J connectivity index is 1.29. The van der Waals surface area contributed by atoms with E-state index in [0.717, 1.165) is 41.4 Å². The van der Waals surface area contributed by atoms with Crippen LogP contribution in [-0.2, 0) is 9.53 Å². The maximum absolute atomic E-state index is 13.7. The zero-order valence-corrected chi connectivity index (χ0v) is 18.8. The van der Waals surface area contributed by atoms with E-state index < -0.39 is 5.60 Å². The van der Waals surface area contributed by atoms with Crippen molar-refractivity contribution < 1.29 is 9.53 Å². The van der Waals surface area contributed by atoms with Crippen LogP contribution in [0.25, 0.3) is 0 Å². The molecule has 162 valence electrons. The third-order valence-corrected chi connectivity index (χ3v) is 9.93. The fourth-order valence-corrected chi connectivity index (χ4v) is 9.78. The number of ether oxygens (including phenoxy) is 1. The molecule has 8 aliphatic carbocycles. The zero-order valence-electron chi connectivity index (χ0n) is 18.8. The van der Waals surface area contributed by atoms with Crippen molar-refractivity contribution in [3.05, 3.63) is 0 Å². The minimum Gasteiger partial charge on any atom is -0.459 e. The number of hydrogen-bond acceptors (Lipinski definition) is 3. The molecule has 8 bridgehead atoms. The molecular formula is C26H41NO2. The van der Waals surface area contributed by atoms with Crippen LogP contribution < -0.4 is 5.32 Å². The highest BCUT2D eigenvalue weighted by Crippen LogP contribution is 2.62. The van der Waals surface area contributed by atoms with E-state index in [0.29, 0.717) is 6.04 Å². The molecular weight excluding hydrogens is 358 g/mol. The first-order valence-electron chi connectivity index (χ1n) is 12.8. The minimum absolute atomic E-state index is 0.0632. The van der Waals surface area contributed by atoms with E-state index in [2.05, 4.69) is 5.32 Å². The second-order valence-corrected chi connectivity index (χ2v) is 13.4. The fourth-order valence-electron chi connectivity index (χ4n) is 9.78. The molecule has 8 saturated carbocycles. The lowest BCUT2D eigenvalue weighted by molar-refractivity contribution is -0.171. The molecule has 8 fully saturated rings. The highest BCUT2D eigenvalue weighted by molar-refractivity contribution is 5.77. The van der Waals surface area contributed by atoms with Gasteiger partial charge in [0.1, 0.15) is 11.6 Å². The summed E-state index contributed by atoms with van der Waals surface area (Å²) in [5.74, 6) is 6.25. The molecule has 0 aromatic carbocycles. The Kier molecular flexibility index (Phi) is 4.27. The first-order valence-corrected chi connectivity index (χ1v) is 12.8. The number of nitrogens with one attached hydrogen (secondary N) is 1. The van der Waals surface area contributed by atoms with Gasteiger partial charge in [0.2, 0.25) is 0 Å². The lowest BCUT2D eigenvalue weighted by Crippen LogP contribution is -2.65. The van der Waals surface area contributed by atoms with Crippen LogP contribution in [0.4, 0.5) is 0 Å². The summed E-state index contributed by atoms with van der Waals surface area (Å²) in [6.07, 6.45) is 15.2. The molecule has 3 nitrogen and oxygen atoms in total. The summed E-state index contributed by atoms with van der Waals surface area (Å²) in [6, 6.07) is 0.492. The van der Waals surface area contributed by atoms with E-state index in [1.54, 1.807) is 0 Å². The highest BCUT2D eigenvalue weighted by atomic mass is 16.6. The Hall–Kier alpha value is -0.570. The predicted octanol–water partition coefficient (Wildman–Crippen LogP) is 5.33. The highest BCUT2D eigenvalue weighted by Gasteiger charge is 2.58. The first kappa shape index (κ1) is 19.1. The number of carbonyl (C=O) groups excluding carboxylic acids is 1. The average molecular weight is 400 g/mol. The van der Waals surface area contributed by atoms with E-state index in [1.807, 2.05) is 20.8 Å². The second-order valence-electron chi connectivity index (χ2n) is 13.4. The monoisotopic (exact) mass is 399 g/mol. The van der Waals surface area contributed by atoms with E-state index in [-0.39, 0.29) is 17.4 Å². The standard InChI is InChI=1S/C26H41NO2/c1-25(2,3)29-24(28)23(26-12-17-5-18(13-26)7-19(6-17)14-26)27-22-20-8-15-4-16(10-20)11-21(22)9-15/h15-23,27H,4-14H2,1-3H3. The van der Waals surface area contributed by atoms with E-state index in [1.165, 1.54) is 70.6 Å². The summed E-state index contributed by atoms with van der Waals surface area (Å²) in [4.78, 5) is 13.7. The normalized spacial score (nSPS) is 50.7. The Labute approximate surface area is 177 Å². The molecule has 0 spiro atoms. The maximum atomic E-state index is 13.7. The Bertz CT molecular complexity index is 613. The Morgan fingerprint density at radius 3 is 1.69 bits per heavy atom. The number of esters is 1. The molecule has 1 unspecified atom stereocenters. The summed E-state index contributed by atoms with van der Waals surface area (Å²) in [5, 5.41) is 4.10. The van der Waals surface area contributed by atoms with Crippen LogP contribution in [0.2, 0.25) is 0 Å². The molecule has 0 saturated heterocycles. The molecule has 0 amide bonds. The van der Waals surface area contributed by atoms with Crippen molar-refractivity contribution in [3.63, 3.8) is 0 Å². The van der Waals surface area contributed by atoms with Crippen molar-refractivity contribution in [2.45, 2.75) is 109 Å². The van der Waals surface area contributed by atoms with Crippen LogP contribution in [0.15, 0.2) is 0 Å². The first-order chi connectivity index (χ1) is 13.8. The third-order valence-electron chi connectivity index (χ3n) is 9.93. The lowest BCUT2D eigenvalue weighted by atomic mass is 9.47. The quantitative estimate of drug-likeness (QED) is 0.650. The molecule has 0 aromatic rings. The lowest BCUT2D eigenvalue weighted by Gasteiger charge is -2.61. The van der Waals surface area contributed by atoms with Crippen molar-refractivity contribution in [2.75, 3.05) is 0 Å². The second kappa shape index (κ2) is 6.47. The average Bonchev–Trinajstić information content (AvgIpc) is 2.57. The van der Waals surface area contributed by atoms with E-state index in [4.69, 9.17) is 4.74 Å². The molecule has 8 aliphatic rings. The van der Waals surface area contributed by atoms with Crippen LogP contribution in [0.5, 0.6) is 0 Å². The number of rotatable bonds is 4. The summed E-state index contributed by atoms with van der Waals surface area (Å²) in [7, 11) is 0. The van der Waals surface area contributed by atoms with Crippen LogP contribution in [-0.4, -0.2) is 23.7 Å². The third kappa shape index (κ3) is 3.29. The van der Waals surface area contributed by atoms with Gasteiger partial charge in [-0.2, -0.15) is 0 Å². The van der Waals surface area contributed by atoms with Gasteiger partial charge in [0, 0.05) is 6.04 Å². The molecule has 3 heteroatoms. The van der Waals surface area contributed by atoms with Gasteiger partial charge in [0.15, 0.2) is 0 Å². The summed E-state index contributed by atoms with van der Waals surface area (Å²) in [6.45, 7) is 6.10. The number of hydrogen-bond donors (Lipinski definition) is 1. The fraction of sp³-hybridized carbons (Fsp3) is 0.962. The van der Waals surface area contributed by atoms with Gasteiger partial charge in [-0.05, 0) is 138 Å². The molecule has 0 aromatic heterocycles. The zero-order chi connectivity index (χ0) is 20.0. The van der Waals surface area contributed by atoms with Gasteiger partial charge in [-0.15, -0.1) is 0 Å². The largest absolute Gasteiger partial charge is 0.459 e. The van der Waals surface area contributed by atoms with Gasteiger partial charge in [-0.3, -0.25) is 4.79 Å². The predicted molar refractivity (Wildman–Crippen MR) is 114 cm³/mol. The number of carbonyl (C=O) groups is 1. The van der Waals surface area contributed by atoms with Crippen molar-refractivity contribution >= 4 is 5.97 Å². The van der Waals surface area contributed by atoms with Crippen molar-refractivity contribution in [1.82, 2.24) is 5.32 Å². The minimum atomic E-state index is -0.399. The maximum Gasteiger partial charge on any atom is 0.324 e.